The van der Waals surface area contributed by atoms with Crippen LogP contribution in [0.5, 0.6) is 5.75 Å². The molecule has 0 unspecified atom stereocenters. The quantitative estimate of drug-likeness (QED) is 0.792. The van der Waals surface area contributed by atoms with Crippen molar-refractivity contribution in [1.29, 1.82) is 5.26 Å². The largest absolute Gasteiger partial charge is 0.484 e. The number of hydrogen-bond acceptors (Lipinski definition) is 4. The minimum atomic E-state index is -0.465. The van der Waals surface area contributed by atoms with Crippen LogP contribution in [0.2, 0.25) is 0 Å². The Bertz CT molecular complexity index is 721. The molecule has 24 heavy (non-hydrogen) atoms. The lowest BCUT2D eigenvalue weighted by Gasteiger charge is -2.09. The summed E-state index contributed by atoms with van der Waals surface area (Å²) in [6.07, 6.45) is 0.880. The van der Waals surface area contributed by atoms with Gasteiger partial charge < -0.3 is 4.74 Å². The van der Waals surface area contributed by atoms with Crippen molar-refractivity contribution in [3.63, 3.8) is 0 Å². The minimum absolute atomic E-state index is 0.231. The number of nitrogens with zero attached hydrogens (tertiary/aromatic N) is 1. The van der Waals surface area contributed by atoms with Crippen LogP contribution in [0.15, 0.2) is 54.6 Å². The molecule has 122 valence electrons. The highest BCUT2D eigenvalue weighted by atomic mass is 16.5. The predicted molar refractivity (Wildman–Crippen MR) is 87.7 cm³/mol. The summed E-state index contributed by atoms with van der Waals surface area (Å²) in [7, 11) is 0. The van der Waals surface area contributed by atoms with Crippen molar-refractivity contribution in [2.45, 2.75) is 12.8 Å². The number of ether oxygens (including phenoxy) is 1. The maximum Gasteiger partial charge on any atom is 0.276 e. The van der Waals surface area contributed by atoms with Gasteiger partial charge in [0.15, 0.2) is 6.61 Å². The van der Waals surface area contributed by atoms with Crippen LogP contribution >= 0.6 is 0 Å². The van der Waals surface area contributed by atoms with Crippen molar-refractivity contribution in [3.8, 4) is 11.8 Å². The molecule has 2 rings (SSSR count). The average molecular weight is 323 g/mol. The number of nitrogens with one attached hydrogen (secondary N) is 2. The summed E-state index contributed by atoms with van der Waals surface area (Å²) in [6.45, 7) is -0.231. The molecule has 0 fully saturated rings. The minimum Gasteiger partial charge on any atom is -0.484 e. The molecule has 2 amide bonds. The van der Waals surface area contributed by atoms with Gasteiger partial charge in [0.25, 0.3) is 5.91 Å². The number of hydrazine groups is 1. The van der Waals surface area contributed by atoms with E-state index in [0.717, 1.165) is 5.56 Å². The molecule has 0 aliphatic heterocycles. The van der Waals surface area contributed by atoms with E-state index in [-0.39, 0.29) is 18.9 Å². The number of amides is 2. The van der Waals surface area contributed by atoms with E-state index in [1.165, 1.54) is 0 Å². The van der Waals surface area contributed by atoms with Gasteiger partial charge in [0.1, 0.15) is 5.75 Å². The predicted octanol–water partition coefficient (Wildman–Crippen LogP) is 1.72. The molecular weight excluding hydrogens is 306 g/mol. The maximum atomic E-state index is 11.7. The Labute approximate surface area is 140 Å². The molecule has 2 aromatic carbocycles. The fraction of sp³-hybridized carbons (Fsp3) is 0.167. The monoisotopic (exact) mass is 323 g/mol. The summed E-state index contributed by atoms with van der Waals surface area (Å²) in [5.41, 5.74) is 6.21. The van der Waals surface area contributed by atoms with Crippen LogP contribution in [0, 0.1) is 11.3 Å². The molecule has 2 N–H and O–H groups in total. The molecule has 0 radical (unpaired) electrons. The zero-order valence-corrected chi connectivity index (χ0v) is 13.0. The van der Waals surface area contributed by atoms with Crippen LogP contribution in [0.4, 0.5) is 0 Å². The van der Waals surface area contributed by atoms with E-state index in [0.29, 0.717) is 17.7 Å². The topological polar surface area (TPSA) is 91.2 Å². The molecule has 0 aliphatic rings. The van der Waals surface area contributed by atoms with E-state index in [2.05, 4.69) is 10.9 Å². The van der Waals surface area contributed by atoms with Gasteiger partial charge in [-0.25, -0.2) is 0 Å². The van der Waals surface area contributed by atoms with Crippen LogP contribution in [-0.4, -0.2) is 18.4 Å². The summed E-state index contributed by atoms with van der Waals surface area (Å²) >= 11 is 0. The lowest BCUT2D eigenvalue weighted by molar-refractivity contribution is -0.130. The normalized spacial score (nSPS) is 9.62. The molecule has 2 aromatic rings. The molecule has 6 heteroatoms. The van der Waals surface area contributed by atoms with Gasteiger partial charge in [0.05, 0.1) is 11.6 Å². The third-order valence-electron chi connectivity index (χ3n) is 3.18. The van der Waals surface area contributed by atoms with Crippen molar-refractivity contribution < 1.29 is 14.3 Å². The number of carbonyl (C=O) groups excluding carboxylic acids is 2. The molecule has 0 heterocycles. The van der Waals surface area contributed by atoms with E-state index in [1.54, 1.807) is 24.3 Å². The summed E-state index contributed by atoms with van der Waals surface area (Å²) in [5, 5.41) is 8.69. The fourth-order valence-electron chi connectivity index (χ4n) is 1.92. The Morgan fingerprint density at radius 3 is 2.29 bits per heavy atom. The van der Waals surface area contributed by atoms with E-state index in [9.17, 15) is 9.59 Å². The van der Waals surface area contributed by atoms with Gasteiger partial charge in [-0.2, -0.15) is 5.26 Å². The van der Waals surface area contributed by atoms with Crippen molar-refractivity contribution in [2.24, 2.45) is 0 Å². The standard InChI is InChI=1S/C18H17N3O3/c19-12-15-6-9-16(10-7-15)24-13-18(23)21-20-17(22)11-8-14-4-2-1-3-5-14/h1-7,9-10H,8,11,13H2,(H,20,22)(H,21,23). The molecule has 0 saturated heterocycles. The first-order valence-electron chi connectivity index (χ1n) is 7.42. The van der Waals surface area contributed by atoms with E-state index in [4.69, 9.17) is 10.00 Å². The number of carbonyl (C=O) groups is 2. The fourth-order valence-corrected chi connectivity index (χ4v) is 1.92. The Morgan fingerprint density at radius 1 is 0.958 bits per heavy atom. The highest BCUT2D eigenvalue weighted by Crippen LogP contribution is 2.11. The highest BCUT2D eigenvalue weighted by Gasteiger charge is 2.06. The Morgan fingerprint density at radius 2 is 1.62 bits per heavy atom. The third-order valence-corrected chi connectivity index (χ3v) is 3.18. The Balaban J connectivity index is 1.65. The first-order chi connectivity index (χ1) is 11.7. The summed E-state index contributed by atoms with van der Waals surface area (Å²) in [4.78, 5) is 23.3. The Hall–Kier alpha value is -3.33. The first kappa shape index (κ1) is 17.0. The molecule has 6 nitrogen and oxygen atoms in total. The van der Waals surface area contributed by atoms with Crippen molar-refractivity contribution in [3.05, 3.63) is 65.7 Å². The van der Waals surface area contributed by atoms with Gasteiger partial charge in [-0.3, -0.25) is 20.4 Å². The van der Waals surface area contributed by atoms with Crippen LogP contribution in [-0.2, 0) is 16.0 Å². The highest BCUT2D eigenvalue weighted by molar-refractivity contribution is 5.82. The number of benzene rings is 2. The zero-order chi connectivity index (χ0) is 17.2. The van der Waals surface area contributed by atoms with Gasteiger partial charge in [-0.1, -0.05) is 30.3 Å². The van der Waals surface area contributed by atoms with Gasteiger partial charge in [0, 0.05) is 6.42 Å². The van der Waals surface area contributed by atoms with Crippen molar-refractivity contribution in [1.82, 2.24) is 10.9 Å². The third kappa shape index (κ3) is 5.81. The number of rotatable bonds is 6. The van der Waals surface area contributed by atoms with Crippen LogP contribution < -0.4 is 15.6 Å². The zero-order valence-electron chi connectivity index (χ0n) is 13.0. The molecular formula is C18H17N3O3. The molecule has 0 atom stereocenters. The second kappa shape index (κ2) is 8.96. The molecule has 0 aliphatic carbocycles. The van der Waals surface area contributed by atoms with Crippen LogP contribution in [0.25, 0.3) is 0 Å². The summed E-state index contributed by atoms with van der Waals surface area (Å²) < 4.78 is 5.26. The van der Waals surface area contributed by atoms with Crippen molar-refractivity contribution in [2.75, 3.05) is 6.61 Å². The average Bonchev–Trinajstić information content (AvgIpc) is 2.64. The van der Waals surface area contributed by atoms with Crippen LogP contribution in [0.3, 0.4) is 0 Å². The van der Waals surface area contributed by atoms with E-state index < -0.39 is 5.91 Å². The Kier molecular flexibility index (Phi) is 6.35. The maximum absolute atomic E-state index is 11.7. The number of hydrogen-bond donors (Lipinski definition) is 2. The molecule has 0 bridgehead atoms. The smallest absolute Gasteiger partial charge is 0.276 e. The number of nitriles is 1. The second-order valence-corrected chi connectivity index (χ2v) is 5.01. The molecule has 0 saturated carbocycles. The molecule has 0 aromatic heterocycles. The molecule has 0 spiro atoms. The SMILES string of the molecule is N#Cc1ccc(OCC(=O)NNC(=O)CCc2ccccc2)cc1. The first-order valence-corrected chi connectivity index (χ1v) is 7.42. The van der Waals surface area contributed by atoms with Crippen molar-refractivity contribution >= 4 is 11.8 Å². The summed E-state index contributed by atoms with van der Waals surface area (Å²) in [6, 6.07) is 18.0. The van der Waals surface area contributed by atoms with Gasteiger partial charge >= 0.3 is 0 Å². The second-order valence-electron chi connectivity index (χ2n) is 5.01. The van der Waals surface area contributed by atoms with Gasteiger partial charge in [0.2, 0.25) is 5.91 Å². The number of aryl methyl sites for hydroxylation is 1. The van der Waals surface area contributed by atoms with Gasteiger partial charge in [-0.15, -0.1) is 0 Å². The van der Waals surface area contributed by atoms with E-state index in [1.807, 2.05) is 36.4 Å². The van der Waals surface area contributed by atoms with Gasteiger partial charge in [-0.05, 0) is 36.2 Å². The summed E-state index contributed by atoms with van der Waals surface area (Å²) in [5.74, 6) is -0.266. The lowest BCUT2D eigenvalue weighted by atomic mass is 10.1. The lowest BCUT2D eigenvalue weighted by Crippen LogP contribution is -2.43. The van der Waals surface area contributed by atoms with E-state index >= 15 is 0 Å². The van der Waals surface area contributed by atoms with Crippen LogP contribution in [0.1, 0.15) is 17.5 Å².